The Morgan fingerprint density at radius 1 is 0.750 bits per heavy atom. The minimum absolute atomic E-state index is 0.409. The van der Waals surface area contributed by atoms with Crippen LogP contribution < -0.4 is 19.5 Å². The molecule has 0 spiro atoms. The zero-order chi connectivity index (χ0) is 24.9. The van der Waals surface area contributed by atoms with Crippen molar-refractivity contribution in [2.75, 3.05) is 26.6 Å². The molecule has 0 bridgehead atoms. The summed E-state index contributed by atoms with van der Waals surface area (Å²) < 4.78 is 23.6. The molecule has 0 saturated heterocycles. The smallest absolute Gasteiger partial charge is 0.157 e. The van der Waals surface area contributed by atoms with Gasteiger partial charge in [-0.15, -0.1) is 0 Å². The van der Waals surface area contributed by atoms with E-state index in [1.165, 1.54) is 5.56 Å². The molecular weight excluding hydrogens is 450 g/mol. The zero-order valence-corrected chi connectivity index (χ0v) is 20.7. The SMILES string of the molecule is COc1cc(OC)c(C2OC(c3ccc(NCc4ccccc4)cc3)=Cc3ccccc32)c(OC)c1. The van der Waals surface area contributed by atoms with E-state index in [1.54, 1.807) is 21.3 Å². The Morgan fingerprint density at radius 2 is 1.42 bits per heavy atom. The molecule has 5 heteroatoms. The van der Waals surface area contributed by atoms with Gasteiger partial charge in [-0.25, -0.2) is 0 Å². The lowest BCUT2D eigenvalue weighted by molar-refractivity contribution is 0.195. The highest BCUT2D eigenvalue weighted by molar-refractivity contribution is 5.82. The summed E-state index contributed by atoms with van der Waals surface area (Å²) in [7, 11) is 4.91. The van der Waals surface area contributed by atoms with Crippen LogP contribution in [0.25, 0.3) is 11.8 Å². The van der Waals surface area contributed by atoms with E-state index in [1.807, 2.05) is 42.5 Å². The summed E-state index contributed by atoms with van der Waals surface area (Å²) in [5.74, 6) is 2.74. The van der Waals surface area contributed by atoms with Gasteiger partial charge >= 0.3 is 0 Å². The number of fused-ring (bicyclic) bond motifs is 1. The van der Waals surface area contributed by atoms with E-state index in [4.69, 9.17) is 18.9 Å². The number of methoxy groups -OCH3 is 3. The fraction of sp³-hybridized carbons (Fsp3) is 0.161. The molecular formula is C31H29NO4. The topological polar surface area (TPSA) is 49.0 Å². The van der Waals surface area contributed by atoms with Gasteiger partial charge in [0.2, 0.25) is 0 Å². The van der Waals surface area contributed by atoms with Crippen molar-refractivity contribution >= 4 is 17.5 Å². The van der Waals surface area contributed by atoms with Crippen LogP contribution in [0, 0.1) is 0 Å². The average Bonchev–Trinajstić information content (AvgIpc) is 2.95. The van der Waals surface area contributed by atoms with Crippen LogP contribution in [0.4, 0.5) is 5.69 Å². The maximum Gasteiger partial charge on any atom is 0.157 e. The van der Waals surface area contributed by atoms with Gasteiger partial charge in [0.25, 0.3) is 0 Å². The number of hydrogen-bond donors (Lipinski definition) is 1. The number of ether oxygens (including phenoxy) is 4. The molecule has 5 nitrogen and oxygen atoms in total. The second-order valence-corrected chi connectivity index (χ2v) is 8.50. The highest BCUT2D eigenvalue weighted by Crippen LogP contribution is 2.47. The van der Waals surface area contributed by atoms with Crippen molar-refractivity contribution in [3.05, 3.63) is 119 Å². The molecule has 5 rings (SSSR count). The molecule has 1 atom stereocenters. The maximum atomic E-state index is 6.65. The summed E-state index contributed by atoms with van der Waals surface area (Å²) in [5, 5.41) is 3.48. The van der Waals surface area contributed by atoms with E-state index in [2.05, 4.69) is 59.9 Å². The van der Waals surface area contributed by atoms with Gasteiger partial charge < -0.3 is 24.3 Å². The summed E-state index contributed by atoms with van der Waals surface area (Å²) in [5.41, 5.74) is 6.24. The first-order valence-electron chi connectivity index (χ1n) is 11.9. The van der Waals surface area contributed by atoms with Crippen LogP contribution in [0.2, 0.25) is 0 Å². The molecule has 0 aromatic heterocycles. The molecule has 1 aliphatic heterocycles. The third-order valence-electron chi connectivity index (χ3n) is 6.33. The minimum atomic E-state index is -0.409. The van der Waals surface area contributed by atoms with Crippen LogP contribution in [0.15, 0.2) is 91.0 Å². The number of rotatable bonds is 8. The van der Waals surface area contributed by atoms with Crippen LogP contribution in [-0.4, -0.2) is 21.3 Å². The Hall–Kier alpha value is -4.38. The Bertz CT molecular complexity index is 1340. The van der Waals surface area contributed by atoms with E-state index in [0.29, 0.717) is 17.2 Å². The lowest BCUT2D eigenvalue weighted by Gasteiger charge is -2.30. The summed E-state index contributed by atoms with van der Waals surface area (Å²) in [6, 6.07) is 30.6. The molecule has 1 N–H and O–H groups in total. The largest absolute Gasteiger partial charge is 0.496 e. The molecule has 36 heavy (non-hydrogen) atoms. The highest BCUT2D eigenvalue weighted by atomic mass is 16.5. The zero-order valence-electron chi connectivity index (χ0n) is 20.7. The Balaban J connectivity index is 1.47. The Morgan fingerprint density at radius 3 is 2.08 bits per heavy atom. The van der Waals surface area contributed by atoms with E-state index in [-0.39, 0.29) is 0 Å². The molecule has 0 fully saturated rings. The molecule has 1 heterocycles. The molecule has 1 unspecified atom stereocenters. The first kappa shape index (κ1) is 23.4. The summed E-state index contributed by atoms with van der Waals surface area (Å²) >= 11 is 0. The molecule has 0 amide bonds. The first-order chi connectivity index (χ1) is 17.7. The van der Waals surface area contributed by atoms with Gasteiger partial charge in [0.05, 0.1) is 26.9 Å². The van der Waals surface area contributed by atoms with Crippen molar-refractivity contribution in [2.24, 2.45) is 0 Å². The van der Waals surface area contributed by atoms with E-state index >= 15 is 0 Å². The van der Waals surface area contributed by atoms with Gasteiger partial charge in [-0.1, -0.05) is 54.6 Å². The van der Waals surface area contributed by atoms with Crippen LogP contribution in [0.5, 0.6) is 17.2 Å². The number of benzene rings is 4. The van der Waals surface area contributed by atoms with Gasteiger partial charge in [0, 0.05) is 35.5 Å². The van der Waals surface area contributed by atoms with Crippen LogP contribution in [0.3, 0.4) is 0 Å². The molecule has 0 saturated carbocycles. The maximum absolute atomic E-state index is 6.65. The van der Waals surface area contributed by atoms with Gasteiger partial charge in [0.1, 0.15) is 23.0 Å². The van der Waals surface area contributed by atoms with Crippen LogP contribution >= 0.6 is 0 Å². The van der Waals surface area contributed by atoms with Crippen molar-refractivity contribution in [1.29, 1.82) is 0 Å². The normalized spacial score (nSPS) is 14.2. The predicted molar refractivity (Wildman–Crippen MR) is 144 cm³/mol. The summed E-state index contributed by atoms with van der Waals surface area (Å²) in [6.07, 6.45) is 1.67. The van der Waals surface area contributed by atoms with Gasteiger partial charge in [-0.3, -0.25) is 0 Å². The minimum Gasteiger partial charge on any atom is -0.496 e. The van der Waals surface area contributed by atoms with Crippen molar-refractivity contribution < 1.29 is 18.9 Å². The fourth-order valence-electron chi connectivity index (χ4n) is 4.46. The number of hydrogen-bond acceptors (Lipinski definition) is 5. The van der Waals surface area contributed by atoms with Gasteiger partial charge in [-0.2, -0.15) is 0 Å². The highest BCUT2D eigenvalue weighted by Gasteiger charge is 2.31. The monoisotopic (exact) mass is 479 g/mol. The fourth-order valence-corrected chi connectivity index (χ4v) is 4.46. The molecule has 182 valence electrons. The third-order valence-corrected chi connectivity index (χ3v) is 6.33. The van der Waals surface area contributed by atoms with Gasteiger partial charge in [0.15, 0.2) is 6.10 Å². The lowest BCUT2D eigenvalue weighted by atomic mass is 9.92. The molecule has 1 aliphatic rings. The molecule has 4 aromatic carbocycles. The van der Waals surface area contributed by atoms with Crippen LogP contribution in [0.1, 0.15) is 33.9 Å². The van der Waals surface area contributed by atoms with E-state index in [0.717, 1.165) is 40.2 Å². The van der Waals surface area contributed by atoms with E-state index < -0.39 is 6.10 Å². The lowest BCUT2D eigenvalue weighted by Crippen LogP contribution is -2.14. The van der Waals surface area contributed by atoms with Crippen molar-refractivity contribution in [3.8, 4) is 17.2 Å². The first-order valence-corrected chi connectivity index (χ1v) is 11.9. The summed E-state index contributed by atoms with van der Waals surface area (Å²) in [6.45, 7) is 0.770. The average molecular weight is 480 g/mol. The quantitative estimate of drug-likeness (QED) is 0.297. The van der Waals surface area contributed by atoms with Crippen LogP contribution in [-0.2, 0) is 11.3 Å². The number of nitrogens with one attached hydrogen (secondary N) is 1. The van der Waals surface area contributed by atoms with E-state index in [9.17, 15) is 0 Å². The Kier molecular flexibility index (Phi) is 6.80. The second-order valence-electron chi connectivity index (χ2n) is 8.50. The predicted octanol–water partition coefficient (Wildman–Crippen LogP) is 6.94. The van der Waals surface area contributed by atoms with Crippen molar-refractivity contribution in [2.45, 2.75) is 12.6 Å². The standard InChI is InChI=1S/C31H29NO4/c1-33-25-18-28(34-2)30(29(19-25)35-3)31-26-12-8-7-11-23(26)17-27(36-31)22-13-15-24(16-14-22)32-20-21-9-5-4-6-10-21/h4-19,31-32H,20H2,1-3H3. The molecule has 0 aliphatic carbocycles. The summed E-state index contributed by atoms with van der Waals surface area (Å²) in [4.78, 5) is 0. The second kappa shape index (κ2) is 10.5. The molecule has 4 aromatic rings. The van der Waals surface area contributed by atoms with Crippen molar-refractivity contribution in [1.82, 2.24) is 0 Å². The molecule has 0 radical (unpaired) electrons. The van der Waals surface area contributed by atoms with Crippen molar-refractivity contribution in [3.63, 3.8) is 0 Å². The Labute approximate surface area is 211 Å². The third kappa shape index (κ3) is 4.73. The van der Waals surface area contributed by atoms with Gasteiger partial charge in [-0.05, 0) is 41.5 Å². The number of anilines is 1.